The molecule has 19 heavy (non-hydrogen) atoms. The number of aliphatic hydroxyl groups excluding tert-OH is 1. The molecule has 0 amide bonds. The van der Waals surface area contributed by atoms with E-state index in [1.165, 1.54) is 44.1 Å². The Balaban J connectivity index is 4.45. The van der Waals surface area contributed by atoms with Crippen molar-refractivity contribution in [2.45, 2.75) is 86.0 Å². The summed E-state index contributed by atoms with van der Waals surface area (Å²) in [5.41, 5.74) is 2.29. The molecule has 0 saturated heterocycles. The maximum absolute atomic E-state index is 10.4. The van der Waals surface area contributed by atoms with Crippen LogP contribution in [-0.4, -0.2) is 5.11 Å². The number of unbranched alkanes of at least 4 members (excludes halogenated alkanes) is 4. The first-order valence-corrected chi connectivity index (χ1v) is 8.13. The highest BCUT2D eigenvalue weighted by Gasteiger charge is 2.12. The molecule has 0 aromatic heterocycles. The quantitative estimate of drug-likeness (QED) is 0.269. The van der Waals surface area contributed by atoms with Crippen LogP contribution in [0.15, 0.2) is 23.0 Å². The molecule has 1 nitrogen and oxygen atoms in total. The van der Waals surface area contributed by atoms with Crippen molar-refractivity contribution in [2.75, 3.05) is 0 Å². The molecule has 0 heterocycles. The Morgan fingerprint density at radius 1 is 1.05 bits per heavy atom. The van der Waals surface area contributed by atoms with Gasteiger partial charge in [-0.1, -0.05) is 59.0 Å². The topological polar surface area (TPSA) is 20.2 Å². The zero-order valence-corrected chi connectivity index (χ0v) is 13.8. The monoisotopic (exact) mass is 266 g/mol. The van der Waals surface area contributed by atoms with Gasteiger partial charge in [0, 0.05) is 0 Å². The van der Waals surface area contributed by atoms with E-state index in [1.54, 1.807) is 0 Å². The van der Waals surface area contributed by atoms with Crippen LogP contribution < -0.4 is 0 Å². The van der Waals surface area contributed by atoms with Crippen LogP contribution in [0.25, 0.3) is 0 Å². The van der Waals surface area contributed by atoms with Crippen LogP contribution in [0.2, 0.25) is 0 Å². The van der Waals surface area contributed by atoms with E-state index in [4.69, 9.17) is 0 Å². The Morgan fingerprint density at radius 3 is 2.21 bits per heavy atom. The normalized spacial score (nSPS) is 15.3. The highest BCUT2D eigenvalue weighted by Crippen LogP contribution is 2.25. The van der Waals surface area contributed by atoms with Crippen LogP contribution in [-0.2, 0) is 0 Å². The first-order valence-electron chi connectivity index (χ1n) is 8.13. The van der Waals surface area contributed by atoms with Crippen molar-refractivity contribution in [3.8, 4) is 0 Å². The summed E-state index contributed by atoms with van der Waals surface area (Å²) in [6.07, 6.45) is 11.8. The Hall–Kier alpha value is -0.720. The molecule has 1 N–H and O–H groups in total. The van der Waals surface area contributed by atoms with Gasteiger partial charge in [0.05, 0.1) is 0 Å². The van der Waals surface area contributed by atoms with Crippen molar-refractivity contribution >= 4 is 0 Å². The van der Waals surface area contributed by atoms with E-state index in [9.17, 15) is 5.11 Å². The van der Waals surface area contributed by atoms with Gasteiger partial charge < -0.3 is 5.11 Å². The minimum absolute atomic E-state index is 0.494. The number of aliphatic hydroxyl groups is 1. The zero-order chi connectivity index (χ0) is 14.7. The van der Waals surface area contributed by atoms with Crippen LogP contribution in [0.5, 0.6) is 0 Å². The molecule has 0 aliphatic heterocycles. The molecule has 0 fully saturated rings. The molecule has 0 aliphatic carbocycles. The van der Waals surface area contributed by atoms with E-state index in [-0.39, 0.29) is 0 Å². The fraction of sp³-hybridized carbons (Fsp3) is 0.778. The third-order valence-corrected chi connectivity index (χ3v) is 4.06. The van der Waals surface area contributed by atoms with Crippen molar-refractivity contribution in [1.82, 2.24) is 0 Å². The number of hydrogen-bond donors (Lipinski definition) is 1. The van der Waals surface area contributed by atoms with Gasteiger partial charge in [-0.15, -0.1) is 0 Å². The molecule has 0 bridgehead atoms. The maximum Gasteiger partial charge on any atom is 0.117 e. The van der Waals surface area contributed by atoms with Crippen molar-refractivity contribution in [2.24, 2.45) is 5.92 Å². The SMILES string of the molecule is CC=C(CCCC)C(O)=C(C)C(C)CCCCCC. The summed E-state index contributed by atoms with van der Waals surface area (Å²) in [7, 11) is 0. The van der Waals surface area contributed by atoms with E-state index in [0.29, 0.717) is 11.7 Å². The highest BCUT2D eigenvalue weighted by atomic mass is 16.3. The van der Waals surface area contributed by atoms with Gasteiger partial charge in [-0.2, -0.15) is 0 Å². The minimum atomic E-state index is 0.494. The lowest BCUT2D eigenvalue weighted by Gasteiger charge is -2.16. The van der Waals surface area contributed by atoms with Gasteiger partial charge in [-0.25, -0.2) is 0 Å². The molecule has 1 heteroatoms. The second-order valence-electron chi connectivity index (χ2n) is 5.70. The van der Waals surface area contributed by atoms with E-state index in [1.807, 2.05) is 6.92 Å². The summed E-state index contributed by atoms with van der Waals surface area (Å²) in [6.45, 7) is 10.8. The predicted molar refractivity (Wildman–Crippen MR) is 86.5 cm³/mol. The van der Waals surface area contributed by atoms with Gasteiger partial charge in [0.25, 0.3) is 0 Å². The number of hydrogen-bond acceptors (Lipinski definition) is 1. The molecular formula is C18H34O. The van der Waals surface area contributed by atoms with Crippen LogP contribution in [0.1, 0.15) is 86.0 Å². The molecule has 0 aromatic rings. The summed E-state index contributed by atoms with van der Waals surface area (Å²) in [5.74, 6) is 1.05. The molecule has 0 saturated carbocycles. The number of rotatable bonds is 10. The van der Waals surface area contributed by atoms with Crippen LogP contribution in [0.4, 0.5) is 0 Å². The predicted octanol–water partition coefficient (Wildman–Crippen LogP) is 6.56. The molecule has 1 unspecified atom stereocenters. The molecule has 112 valence electrons. The fourth-order valence-electron chi connectivity index (χ4n) is 2.35. The zero-order valence-electron chi connectivity index (χ0n) is 13.8. The standard InChI is InChI=1S/C18H34O/c1-6-9-11-12-13-15(4)16(5)18(19)17(8-3)14-10-7-2/h8,15,19H,6-7,9-14H2,1-5H3. The maximum atomic E-state index is 10.4. The van der Waals surface area contributed by atoms with Crippen LogP contribution >= 0.6 is 0 Å². The van der Waals surface area contributed by atoms with Gasteiger partial charge in [0.2, 0.25) is 0 Å². The van der Waals surface area contributed by atoms with Crippen LogP contribution in [0, 0.1) is 5.92 Å². The summed E-state index contributed by atoms with van der Waals surface area (Å²) in [5, 5.41) is 10.4. The Labute approximate surface area is 120 Å². The largest absolute Gasteiger partial charge is 0.508 e. The molecule has 0 spiro atoms. The van der Waals surface area contributed by atoms with Crippen molar-refractivity contribution in [3.63, 3.8) is 0 Å². The molecule has 0 aliphatic rings. The molecule has 0 aromatic carbocycles. The van der Waals surface area contributed by atoms with E-state index in [0.717, 1.165) is 18.4 Å². The summed E-state index contributed by atoms with van der Waals surface area (Å²) < 4.78 is 0. The van der Waals surface area contributed by atoms with Gasteiger partial charge >= 0.3 is 0 Å². The summed E-state index contributed by atoms with van der Waals surface area (Å²) >= 11 is 0. The van der Waals surface area contributed by atoms with Crippen LogP contribution in [0.3, 0.4) is 0 Å². The summed E-state index contributed by atoms with van der Waals surface area (Å²) in [4.78, 5) is 0. The Kier molecular flexibility index (Phi) is 10.7. The molecule has 1 atom stereocenters. The second-order valence-corrected chi connectivity index (χ2v) is 5.70. The van der Waals surface area contributed by atoms with Gasteiger partial charge in [-0.05, 0) is 50.2 Å². The van der Waals surface area contributed by atoms with Crippen molar-refractivity contribution in [3.05, 3.63) is 23.0 Å². The first kappa shape index (κ1) is 18.3. The first-order chi connectivity index (χ1) is 9.08. The second kappa shape index (κ2) is 11.1. The Morgan fingerprint density at radius 2 is 1.68 bits per heavy atom. The molecule has 0 radical (unpaired) electrons. The van der Waals surface area contributed by atoms with Crippen molar-refractivity contribution in [1.29, 1.82) is 0 Å². The lowest BCUT2D eigenvalue weighted by atomic mass is 9.92. The highest BCUT2D eigenvalue weighted by molar-refractivity contribution is 5.29. The van der Waals surface area contributed by atoms with E-state index in [2.05, 4.69) is 33.8 Å². The fourth-order valence-corrected chi connectivity index (χ4v) is 2.35. The third-order valence-electron chi connectivity index (χ3n) is 4.06. The van der Waals surface area contributed by atoms with Gasteiger partial charge in [0.15, 0.2) is 0 Å². The lowest BCUT2D eigenvalue weighted by molar-refractivity contribution is 0.395. The lowest BCUT2D eigenvalue weighted by Crippen LogP contribution is -2.03. The van der Waals surface area contributed by atoms with E-state index < -0.39 is 0 Å². The Bertz CT molecular complexity index is 286. The average molecular weight is 266 g/mol. The van der Waals surface area contributed by atoms with Gasteiger partial charge in [0.1, 0.15) is 5.76 Å². The number of allylic oxidation sites excluding steroid dienone is 3. The van der Waals surface area contributed by atoms with Crippen molar-refractivity contribution < 1.29 is 5.11 Å². The summed E-state index contributed by atoms with van der Waals surface area (Å²) in [6, 6.07) is 0. The van der Waals surface area contributed by atoms with Gasteiger partial charge in [-0.3, -0.25) is 0 Å². The third kappa shape index (κ3) is 7.44. The minimum Gasteiger partial charge on any atom is -0.508 e. The van der Waals surface area contributed by atoms with E-state index >= 15 is 0 Å². The molecular weight excluding hydrogens is 232 g/mol. The smallest absolute Gasteiger partial charge is 0.117 e. The molecule has 0 rings (SSSR count). The average Bonchev–Trinajstić information content (AvgIpc) is 2.43.